The van der Waals surface area contributed by atoms with Gasteiger partial charge in [-0.15, -0.1) is 0 Å². The fourth-order valence-electron chi connectivity index (χ4n) is 0.350. The summed E-state index contributed by atoms with van der Waals surface area (Å²) in [4.78, 5) is 30.0. The average Bonchev–Trinajstić information content (AvgIpc) is 1.96. The van der Waals surface area contributed by atoms with Gasteiger partial charge in [-0.2, -0.15) is 0 Å². The van der Waals surface area contributed by atoms with Crippen molar-refractivity contribution >= 4 is 13.8 Å². The van der Waals surface area contributed by atoms with Crippen LogP contribution in [0.25, 0.3) is 0 Å². The minimum Gasteiger partial charge on any atom is -0.790 e. The van der Waals surface area contributed by atoms with E-state index in [0.29, 0.717) is 0 Å². The van der Waals surface area contributed by atoms with Gasteiger partial charge in [-0.25, -0.2) is 4.79 Å². The Morgan fingerprint density at radius 3 is 2.21 bits per heavy atom. The molecule has 0 aromatic rings. The number of hydrogen-bond donors (Lipinski definition) is 0. The van der Waals surface area contributed by atoms with E-state index in [1.807, 2.05) is 0 Å². The summed E-state index contributed by atoms with van der Waals surface area (Å²) in [5, 5.41) is 0. The third kappa shape index (κ3) is 17.0. The van der Waals surface area contributed by atoms with Crippen LogP contribution in [0.4, 0.5) is 0 Å². The van der Waals surface area contributed by atoms with Gasteiger partial charge in [0.1, 0.15) is 6.61 Å². The molecule has 0 aliphatic heterocycles. The molecule has 0 heterocycles. The first kappa shape index (κ1) is 21.8. The van der Waals surface area contributed by atoms with E-state index in [0.717, 1.165) is 6.08 Å². The maximum atomic E-state index is 10.3. The van der Waals surface area contributed by atoms with E-state index in [1.54, 1.807) is 0 Å². The summed E-state index contributed by atoms with van der Waals surface area (Å²) in [6, 6.07) is 0. The zero-order chi connectivity index (χ0) is 9.61. The van der Waals surface area contributed by atoms with Crippen molar-refractivity contribution < 1.29 is 131 Å². The molecule has 0 saturated heterocycles. The van der Waals surface area contributed by atoms with Crippen LogP contribution in [0.15, 0.2) is 12.7 Å². The number of rotatable bonds is 5. The molecule has 0 unspecified atom stereocenters. The summed E-state index contributed by atoms with van der Waals surface area (Å²) >= 11 is 0. The maximum Gasteiger partial charge on any atom is 1.00 e. The summed E-state index contributed by atoms with van der Waals surface area (Å²) in [5.41, 5.74) is 0. The van der Waals surface area contributed by atoms with E-state index in [9.17, 15) is 19.1 Å². The largest absolute Gasteiger partial charge is 1.00 e. The molecule has 0 atom stereocenters. The predicted octanol–water partition coefficient (Wildman–Crippen LogP) is -7.43. The molecule has 0 amide bonds. The fourth-order valence-corrected chi connectivity index (χ4v) is 0.648. The quantitative estimate of drug-likeness (QED) is 0.162. The molecule has 0 fully saturated rings. The molecule has 0 aromatic carbocycles. The molecule has 0 radical (unpaired) electrons. The third-order valence-electron chi connectivity index (χ3n) is 0.744. The van der Waals surface area contributed by atoms with Gasteiger partial charge in [0.2, 0.25) is 0 Å². The van der Waals surface area contributed by atoms with Crippen LogP contribution in [0.5, 0.6) is 0 Å². The number of esters is 1. The first-order valence-corrected chi connectivity index (χ1v) is 4.37. The van der Waals surface area contributed by atoms with Gasteiger partial charge in [0.05, 0.1) is 14.4 Å². The zero-order valence-corrected chi connectivity index (χ0v) is 15.2. The van der Waals surface area contributed by atoms with E-state index in [2.05, 4.69) is 15.8 Å². The molecule has 70 valence electrons. The number of phosphoric ester groups is 1. The van der Waals surface area contributed by atoms with Crippen LogP contribution in [0.2, 0.25) is 0 Å². The van der Waals surface area contributed by atoms with Crippen molar-refractivity contribution in [2.75, 3.05) is 13.2 Å². The first-order valence-electron chi connectivity index (χ1n) is 2.91. The average molecular weight is 272 g/mol. The molecule has 0 rings (SSSR count). The molecular weight excluding hydrogens is 265 g/mol. The van der Waals surface area contributed by atoms with Gasteiger partial charge >= 0.3 is 109 Å². The van der Waals surface area contributed by atoms with Gasteiger partial charge < -0.3 is 23.6 Å². The molecule has 0 spiro atoms. The summed E-state index contributed by atoms with van der Waals surface area (Å²) in [5.74, 6) is -0.703. The van der Waals surface area contributed by atoms with Crippen LogP contribution >= 0.6 is 7.82 Å². The van der Waals surface area contributed by atoms with E-state index < -0.39 is 20.4 Å². The van der Waals surface area contributed by atoms with Gasteiger partial charge in [-0.1, -0.05) is 6.58 Å². The fraction of sp³-hybridized carbons (Fsp3) is 0.400. The third-order valence-corrected chi connectivity index (χ3v) is 1.24. The Balaban J connectivity index is -0.000000605. The Hall–Kier alpha value is 2.59. The van der Waals surface area contributed by atoms with E-state index in [1.165, 1.54) is 0 Å². The van der Waals surface area contributed by atoms with E-state index in [-0.39, 0.29) is 109 Å². The summed E-state index contributed by atoms with van der Waals surface area (Å²) in [6.07, 6.45) is 0.911. The molecule has 0 N–H and O–H groups in total. The minimum absolute atomic E-state index is 0. The molecule has 6 nitrogen and oxygen atoms in total. The number of carbonyl (C=O) groups excluding carboxylic acids is 1. The van der Waals surface area contributed by atoms with Crippen molar-refractivity contribution in [3.05, 3.63) is 12.7 Å². The van der Waals surface area contributed by atoms with E-state index in [4.69, 9.17) is 0 Å². The van der Waals surface area contributed by atoms with Crippen molar-refractivity contribution in [1.82, 2.24) is 0 Å². The number of carbonyl (C=O) groups is 1. The summed E-state index contributed by atoms with van der Waals surface area (Å²) in [7, 11) is -4.95. The van der Waals surface area contributed by atoms with E-state index >= 15 is 0 Å². The monoisotopic (exact) mass is 272 g/mol. The standard InChI is InChI=1S/C5H9O6P.2K/c1-2-5(6)10-3-4-11-12(7,8)9;;/h2H,1,3-4H2,(H2,7,8,9);;/q;2*+1/p-2. The number of ether oxygens (including phenoxy) is 1. The Labute approximate surface area is 167 Å². The van der Waals surface area contributed by atoms with Crippen molar-refractivity contribution in [3.63, 3.8) is 0 Å². The van der Waals surface area contributed by atoms with Crippen molar-refractivity contribution in [2.24, 2.45) is 0 Å². The van der Waals surface area contributed by atoms with Gasteiger partial charge in [0.25, 0.3) is 0 Å². The van der Waals surface area contributed by atoms with Crippen LogP contribution in [0.3, 0.4) is 0 Å². The van der Waals surface area contributed by atoms with Gasteiger partial charge in [-0.3, -0.25) is 0 Å². The molecule has 0 aromatic heterocycles. The molecule has 0 bridgehead atoms. The van der Waals surface area contributed by atoms with Crippen LogP contribution < -0.4 is 113 Å². The Morgan fingerprint density at radius 2 is 1.86 bits per heavy atom. The second kappa shape index (κ2) is 12.1. The molecular formula is C5H7K2O6P. The Morgan fingerprint density at radius 1 is 1.36 bits per heavy atom. The summed E-state index contributed by atoms with van der Waals surface area (Å²) in [6.45, 7) is 2.33. The molecule has 9 heteroatoms. The SMILES string of the molecule is C=CC(=O)OCCOP(=O)([O-])[O-].[K+].[K+]. The second-order valence-electron chi connectivity index (χ2n) is 1.65. The molecule has 0 aliphatic carbocycles. The Kier molecular flexibility index (Phi) is 18.8. The van der Waals surface area contributed by atoms with Gasteiger partial charge in [0.15, 0.2) is 0 Å². The number of hydrogen-bond acceptors (Lipinski definition) is 6. The topological polar surface area (TPSA) is 98.7 Å². The Bertz CT molecular complexity index is 214. The van der Waals surface area contributed by atoms with Crippen molar-refractivity contribution in [1.29, 1.82) is 0 Å². The van der Waals surface area contributed by atoms with Crippen LogP contribution in [0, 0.1) is 0 Å². The molecule has 0 saturated carbocycles. The van der Waals surface area contributed by atoms with Crippen LogP contribution in [-0.2, 0) is 18.6 Å². The van der Waals surface area contributed by atoms with Crippen LogP contribution in [0.1, 0.15) is 0 Å². The number of phosphoric acid groups is 1. The predicted molar refractivity (Wildman–Crippen MR) is 34.7 cm³/mol. The van der Waals surface area contributed by atoms with Gasteiger partial charge in [0, 0.05) is 6.08 Å². The first-order chi connectivity index (χ1) is 5.45. The van der Waals surface area contributed by atoms with Crippen molar-refractivity contribution in [2.45, 2.75) is 0 Å². The maximum absolute atomic E-state index is 10.3. The smallest absolute Gasteiger partial charge is 0.790 e. The molecule has 0 aliphatic rings. The van der Waals surface area contributed by atoms with Crippen molar-refractivity contribution in [3.8, 4) is 0 Å². The zero-order valence-electron chi connectivity index (χ0n) is 8.10. The second-order valence-corrected chi connectivity index (χ2v) is 2.80. The normalized spacial score (nSPS) is 9.29. The van der Waals surface area contributed by atoms with Crippen LogP contribution in [-0.4, -0.2) is 19.2 Å². The summed E-state index contributed by atoms with van der Waals surface area (Å²) < 4.78 is 17.9. The molecule has 14 heavy (non-hydrogen) atoms. The minimum atomic E-state index is -4.95. The van der Waals surface area contributed by atoms with Gasteiger partial charge in [-0.05, 0) is 0 Å².